The molecule has 0 saturated carbocycles. The molecule has 2 aliphatic heterocycles. The van der Waals surface area contributed by atoms with Crippen molar-refractivity contribution < 1.29 is 38.1 Å². The van der Waals surface area contributed by atoms with Crippen LogP contribution in [-0.4, -0.2) is 46.0 Å². The Balaban J connectivity index is 1.07. The molecule has 0 unspecified atom stereocenters. The van der Waals surface area contributed by atoms with Crippen LogP contribution >= 0.6 is 0 Å². The molecule has 8 rings (SSSR count). The molecule has 2 aliphatic rings. The summed E-state index contributed by atoms with van der Waals surface area (Å²) in [5.41, 5.74) is 4.66. The predicted octanol–water partition coefficient (Wildman–Crippen LogP) is 10.6. The Hall–Kier alpha value is -7.20. The number of rotatable bonds is 13. The molecular formula is C52H48N2O8. The quantitative estimate of drug-likeness (QED) is 0.0643. The van der Waals surface area contributed by atoms with E-state index in [1.54, 1.807) is 0 Å². The molecule has 2 saturated heterocycles. The van der Waals surface area contributed by atoms with Crippen molar-refractivity contribution in [3.05, 3.63) is 215 Å². The molecule has 0 aromatic heterocycles. The van der Waals surface area contributed by atoms with Crippen LogP contribution < -0.4 is 0 Å². The lowest BCUT2D eigenvalue weighted by Gasteiger charge is -2.45. The van der Waals surface area contributed by atoms with Crippen LogP contribution in [0.2, 0.25) is 0 Å². The van der Waals surface area contributed by atoms with Gasteiger partial charge in [-0.3, -0.25) is 9.80 Å². The van der Waals surface area contributed by atoms with E-state index in [-0.39, 0.29) is 26.1 Å². The third-order valence-corrected chi connectivity index (χ3v) is 11.5. The highest BCUT2D eigenvalue weighted by Crippen LogP contribution is 2.45. The Bertz CT molecular complexity index is 2220. The standard InChI is InChI=1S/C52H48N2O8/c55-49-43(53(51(57)59-35-37-21-7-1-8-22-37)45(39-25-11-3-12-26-39)47(61-49)41-29-15-5-16-30-41)33-19-20-34-44-50(56)62-48(42-31-17-6-18-32-42)46(40-27-13-4-14-28-40)54(44)52(58)60-36-38-23-9-2-10-24-38/h1-18,21-32,43-48H,19-20,33-36H2/t43-,44-,45-,46-,47+,48+/m0/s1. The Morgan fingerprint density at radius 3 is 1.03 bits per heavy atom. The summed E-state index contributed by atoms with van der Waals surface area (Å²) < 4.78 is 24.4. The zero-order valence-electron chi connectivity index (χ0n) is 34.2. The number of hydrogen-bond donors (Lipinski definition) is 0. The number of benzene rings is 6. The largest absolute Gasteiger partial charge is 0.453 e. The molecule has 2 heterocycles. The maximum atomic E-state index is 14.4. The topological polar surface area (TPSA) is 112 Å². The summed E-state index contributed by atoms with van der Waals surface area (Å²) in [5, 5.41) is 0. The molecule has 314 valence electrons. The second-order valence-corrected chi connectivity index (χ2v) is 15.5. The third-order valence-electron chi connectivity index (χ3n) is 11.5. The van der Waals surface area contributed by atoms with Gasteiger partial charge in [-0.15, -0.1) is 0 Å². The molecule has 62 heavy (non-hydrogen) atoms. The van der Waals surface area contributed by atoms with E-state index in [1.165, 1.54) is 9.80 Å². The maximum absolute atomic E-state index is 14.4. The number of hydrogen-bond acceptors (Lipinski definition) is 8. The average molecular weight is 829 g/mol. The van der Waals surface area contributed by atoms with E-state index in [1.807, 2.05) is 182 Å². The lowest BCUT2D eigenvalue weighted by molar-refractivity contribution is -0.175. The maximum Gasteiger partial charge on any atom is 0.411 e. The van der Waals surface area contributed by atoms with E-state index in [2.05, 4.69) is 0 Å². The summed E-state index contributed by atoms with van der Waals surface area (Å²) in [6.07, 6.45) is -1.68. The van der Waals surface area contributed by atoms with Crippen LogP contribution in [0, 0.1) is 0 Å². The number of nitrogens with zero attached hydrogens (tertiary/aromatic N) is 2. The normalized spacial score (nSPS) is 21.0. The fourth-order valence-corrected chi connectivity index (χ4v) is 8.46. The average Bonchev–Trinajstić information content (AvgIpc) is 3.33. The van der Waals surface area contributed by atoms with Gasteiger partial charge in [-0.1, -0.05) is 195 Å². The first-order chi connectivity index (χ1) is 30.5. The van der Waals surface area contributed by atoms with Crippen molar-refractivity contribution in [2.24, 2.45) is 0 Å². The first kappa shape index (κ1) is 41.5. The number of ether oxygens (including phenoxy) is 4. The van der Waals surface area contributed by atoms with Crippen molar-refractivity contribution in [1.82, 2.24) is 9.80 Å². The Labute approximate surface area is 361 Å². The van der Waals surface area contributed by atoms with E-state index in [9.17, 15) is 19.2 Å². The Morgan fingerprint density at radius 2 is 0.710 bits per heavy atom. The van der Waals surface area contributed by atoms with Crippen LogP contribution in [0.3, 0.4) is 0 Å². The van der Waals surface area contributed by atoms with Gasteiger partial charge < -0.3 is 18.9 Å². The number of unbranched alkanes of at least 4 members (excludes halogenated alkanes) is 1. The minimum Gasteiger partial charge on any atom is -0.453 e. The van der Waals surface area contributed by atoms with Gasteiger partial charge in [0.05, 0.1) is 0 Å². The van der Waals surface area contributed by atoms with Crippen LogP contribution in [0.4, 0.5) is 9.59 Å². The number of carbonyl (C=O) groups is 4. The monoisotopic (exact) mass is 828 g/mol. The molecular weight excluding hydrogens is 781 g/mol. The van der Waals surface area contributed by atoms with Gasteiger partial charge in [-0.05, 0) is 46.2 Å². The molecule has 0 aliphatic carbocycles. The lowest BCUT2D eigenvalue weighted by Crippen LogP contribution is -2.54. The Kier molecular flexibility index (Phi) is 13.3. The number of morpholine rings is 2. The summed E-state index contributed by atoms with van der Waals surface area (Å²) in [6.45, 7) is 0.0318. The van der Waals surface area contributed by atoms with Crippen LogP contribution in [0.15, 0.2) is 182 Å². The van der Waals surface area contributed by atoms with Crippen molar-refractivity contribution in [1.29, 1.82) is 0 Å². The fraction of sp³-hybridized carbons (Fsp3) is 0.231. The zero-order chi connectivity index (χ0) is 42.7. The van der Waals surface area contributed by atoms with E-state index >= 15 is 0 Å². The molecule has 0 spiro atoms. The number of amides is 2. The van der Waals surface area contributed by atoms with Gasteiger partial charge in [0.2, 0.25) is 0 Å². The molecule has 0 bridgehead atoms. The van der Waals surface area contributed by atoms with E-state index in [4.69, 9.17) is 18.9 Å². The van der Waals surface area contributed by atoms with Crippen LogP contribution in [-0.2, 0) is 41.8 Å². The summed E-state index contributed by atoms with van der Waals surface area (Å²) in [7, 11) is 0. The van der Waals surface area contributed by atoms with Gasteiger partial charge in [0, 0.05) is 0 Å². The summed E-state index contributed by atoms with van der Waals surface area (Å²) in [6, 6.07) is 53.2. The molecule has 0 N–H and O–H groups in total. The van der Waals surface area contributed by atoms with Gasteiger partial charge in [-0.2, -0.15) is 0 Å². The SMILES string of the molecule is O=C1O[C@H](c2ccccc2)[C@H](c2ccccc2)N(C(=O)OCc2ccccc2)[C@H]1CCCC[C@H]1C(=O)O[C@H](c2ccccc2)[C@H](c2ccccc2)N1C(=O)OCc1ccccc1. The summed E-state index contributed by atoms with van der Waals surface area (Å²) in [5.74, 6) is -1.11. The fourth-order valence-electron chi connectivity index (χ4n) is 8.46. The van der Waals surface area contributed by atoms with Crippen molar-refractivity contribution in [3.63, 3.8) is 0 Å². The predicted molar refractivity (Wildman–Crippen MR) is 232 cm³/mol. The molecule has 10 nitrogen and oxygen atoms in total. The number of esters is 2. The first-order valence-electron chi connectivity index (χ1n) is 21.0. The molecule has 6 atom stereocenters. The third kappa shape index (κ3) is 9.55. The minimum atomic E-state index is -1.01. The highest BCUT2D eigenvalue weighted by Gasteiger charge is 2.50. The van der Waals surface area contributed by atoms with Crippen LogP contribution in [0.25, 0.3) is 0 Å². The minimum absolute atomic E-state index is 0.0159. The summed E-state index contributed by atoms with van der Waals surface area (Å²) >= 11 is 0. The molecule has 6 aromatic carbocycles. The van der Waals surface area contributed by atoms with Crippen molar-refractivity contribution in [2.45, 2.75) is 75.3 Å². The van der Waals surface area contributed by atoms with Crippen molar-refractivity contribution in [2.75, 3.05) is 0 Å². The van der Waals surface area contributed by atoms with Gasteiger partial charge in [0.1, 0.15) is 37.4 Å². The second kappa shape index (κ2) is 19.9. The van der Waals surface area contributed by atoms with E-state index < -0.39 is 60.5 Å². The van der Waals surface area contributed by atoms with Gasteiger partial charge >= 0.3 is 24.1 Å². The molecule has 2 amide bonds. The van der Waals surface area contributed by atoms with E-state index in [0.717, 1.165) is 33.4 Å². The molecule has 10 heteroatoms. The number of carbonyl (C=O) groups excluding carboxylic acids is 4. The highest BCUT2D eigenvalue weighted by molar-refractivity contribution is 5.84. The van der Waals surface area contributed by atoms with Crippen molar-refractivity contribution in [3.8, 4) is 0 Å². The molecule has 0 radical (unpaired) electrons. The van der Waals surface area contributed by atoms with Gasteiger partial charge in [0.25, 0.3) is 0 Å². The van der Waals surface area contributed by atoms with Crippen molar-refractivity contribution >= 4 is 24.1 Å². The zero-order valence-corrected chi connectivity index (χ0v) is 34.2. The van der Waals surface area contributed by atoms with Gasteiger partial charge in [0.15, 0.2) is 12.2 Å². The second-order valence-electron chi connectivity index (χ2n) is 15.5. The lowest BCUT2D eigenvalue weighted by atomic mass is 9.89. The van der Waals surface area contributed by atoms with E-state index in [0.29, 0.717) is 12.8 Å². The smallest absolute Gasteiger partial charge is 0.411 e. The van der Waals surface area contributed by atoms with Crippen LogP contribution in [0.5, 0.6) is 0 Å². The van der Waals surface area contributed by atoms with Crippen LogP contribution in [0.1, 0.15) is 83.4 Å². The number of cyclic esters (lactones) is 2. The highest BCUT2D eigenvalue weighted by atomic mass is 16.6. The molecule has 6 aromatic rings. The van der Waals surface area contributed by atoms with Gasteiger partial charge in [-0.25, -0.2) is 19.2 Å². The first-order valence-corrected chi connectivity index (χ1v) is 21.0. The molecule has 2 fully saturated rings. The Morgan fingerprint density at radius 1 is 0.419 bits per heavy atom. The summed E-state index contributed by atoms with van der Waals surface area (Å²) in [4.78, 5) is 60.2.